The number of benzene rings is 2. The number of anilines is 1. The van der Waals surface area contributed by atoms with Gasteiger partial charge in [0.15, 0.2) is 5.78 Å². The zero-order chi connectivity index (χ0) is 27.4. The van der Waals surface area contributed by atoms with Crippen LogP contribution in [0, 0.1) is 5.92 Å². The lowest BCUT2D eigenvalue weighted by Gasteiger charge is -2.23. The van der Waals surface area contributed by atoms with Crippen molar-refractivity contribution < 1.29 is 14.4 Å². The number of rotatable bonds is 6. The van der Waals surface area contributed by atoms with Crippen LogP contribution in [0.25, 0.3) is 10.4 Å². The minimum absolute atomic E-state index is 0.0314. The fourth-order valence-corrected chi connectivity index (χ4v) is 7.08. The van der Waals surface area contributed by atoms with E-state index in [1.54, 1.807) is 22.3 Å². The molecule has 1 aliphatic carbocycles. The quantitative estimate of drug-likeness (QED) is 0.271. The molecule has 7 rings (SSSR count). The third-order valence-corrected chi connectivity index (χ3v) is 9.40. The van der Waals surface area contributed by atoms with Gasteiger partial charge in [0.05, 0.1) is 10.6 Å². The zero-order valence-electron chi connectivity index (χ0n) is 22.4. The second-order valence-electron chi connectivity index (χ2n) is 11.1. The first-order chi connectivity index (χ1) is 19.5. The molecule has 7 heteroatoms. The number of amides is 2. The van der Waals surface area contributed by atoms with Crippen molar-refractivity contribution in [2.24, 2.45) is 5.92 Å². The van der Waals surface area contributed by atoms with Gasteiger partial charge in [-0.05, 0) is 66.1 Å². The van der Waals surface area contributed by atoms with Crippen LogP contribution in [-0.4, -0.2) is 41.1 Å². The van der Waals surface area contributed by atoms with Crippen molar-refractivity contribution >= 4 is 34.6 Å². The van der Waals surface area contributed by atoms with E-state index in [0.29, 0.717) is 44.0 Å². The molecule has 0 N–H and O–H groups in total. The normalized spacial score (nSPS) is 15.9. The second kappa shape index (κ2) is 9.82. The molecular formula is C33H29N3O3S. The SMILES string of the molecule is CN1Cc2cccc(Cc3cccc(C(=O)N4CCc5cc(C(=O)CC6CC6)sc5-c5ccccc54)n3)c2C1=O. The molecule has 2 aliphatic heterocycles. The molecule has 3 aliphatic rings. The molecule has 0 unspecified atom stereocenters. The van der Waals surface area contributed by atoms with E-state index in [1.807, 2.05) is 72.6 Å². The molecular weight excluding hydrogens is 518 g/mol. The predicted molar refractivity (Wildman–Crippen MR) is 156 cm³/mol. The van der Waals surface area contributed by atoms with E-state index in [1.165, 1.54) is 0 Å². The van der Waals surface area contributed by atoms with Gasteiger partial charge in [-0.1, -0.05) is 42.5 Å². The summed E-state index contributed by atoms with van der Waals surface area (Å²) in [6.45, 7) is 1.12. The van der Waals surface area contributed by atoms with Crippen molar-refractivity contribution in [1.82, 2.24) is 9.88 Å². The number of aromatic nitrogens is 1. The fourth-order valence-electron chi connectivity index (χ4n) is 5.89. The van der Waals surface area contributed by atoms with Crippen molar-refractivity contribution in [2.45, 2.75) is 38.6 Å². The maximum absolute atomic E-state index is 13.9. The molecule has 0 atom stereocenters. The van der Waals surface area contributed by atoms with Crippen LogP contribution in [-0.2, 0) is 19.4 Å². The lowest BCUT2D eigenvalue weighted by Crippen LogP contribution is -2.33. The average molecular weight is 548 g/mol. The van der Waals surface area contributed by atoms with Gasteiger partial charge in [-0.25, -0.2) is 4.98 Å². The van der Waals surface area contributed by atoms with E-state index >= 15 is 0 Å². The van der Waals surface area contributed by atoms with Crippen LogP contribution in [0.3, 0.4) is 0 Å². The molecule has 0 spiro atoms. The van der Waals surface area contributed by atoms with E-state index in [-0.39, 0.29) is 17.6 Å². The van der Waals surface area contributed by atoms with E-state index in [2.05, 4.69) is 0 Å². The summed E-state index contributed by atoms with van der Waals surface area (Å²) in [4.78, 5) is 49.7. The van der Waals surface area contributed by atoms with E-state index in [9.17, 15) is 14.4 Å². The highest BCUT2D eigenvalue weighted by molar-refractivity contribution is 7.17. The lowest BCUT2D eigenvalue weighted by molar-refractivity contribution is 0.0815. The molecule has 2 aromatic carbocycles. The summed E-state index contributed by atoms with van der Waals surface area (Å²) in [7, 11) is 1.81. The molecule has 2 amide bonds. The van der Waals surface area contributed by atoms with Crippen LogP contribution >= 0.6 is 11.3 Å². The van der Waals surface area contributed by atoms with Gasteiger partial charge >= 0.3 is 0 Å². The topological polar surface area (TPSA) is 70.6 Å². The van der Waals surface area contributed by atoms with E-state index in [4.69, 9.17) is 4.98 Å². The Morgan fingerprint density at radius 2 is 1.82 bits per heavy atom. The number of pyridine rings is 1. The Labute approximate surface area is 237 Å². The summed E-state index contributed by atoms with van der Waals surface area (Å²) in [5.41, 5.74) is 6.81. The number of hydrogen-bond acceptors (Lipinski definition) is 5. The third-order valence-electron chi connectivity index (χ3n) is 8.15. The van der Waals surface area contributed by atoms with Crippen molar-refractivity contribution in [3.8, 4) is 10.4 Å². The summed E-state index contributed by atoms with van der Waals surface area (Å²) >= 11 is 1.56. The Morgan fingerprint density at radius 1 is 1.00 bits per heavy atom. The highest BCUT2D eigenvalue weighted by atomic mass is 32.1. The molecule has 1 saturated carbocycles. The molecule has 0 radical (unpaired) electrons. The van der Waals surface area contributed by atoms with E-state index in [0.717, 1.165) is 61.8 Å². The number of ketones is 1. The number of Topliss-reactive ketones (excluding diaryl/α,β-unsaturated/α-hetero) is 1. The van der Waals surface area contributed by atoms with Crippen LogP contribution in [0.5, 0.6) is 0 Å². The lowest BCUT2D eigenvalue weighted by atomic mass is 9.99. The van der Waals surface area contributed by atoms with Crippen molar-refractivity contribution in [2.75, 3.05) is 18.5 Å². The Bertz CT molecular complexity index is 1690. The van der Waals surface area contributed by atoms with Crippen LogP contribution in [0.15, 0.2) is 66.7 Å². The summed E-state index contributed by atoms with van der Waals surface area (Å²) in [5.74, 6) is 0.680. The summed E-state index contributed by atoms with van der Waals surface area (Å²) in [6.07, 6.45) is 4.12. The average Bonchev–Trinajstić information content (AvgIpc) is 3.63. The van der Waals surface area contributed by atoms with Gasteiger partial charge in [0.2, 0.25) is 0 Å². The maximum Gasteiger partial charge on any atom is 0.276 e. The highest BCUT2D eigenvalue weighted by Crippen LogP contribution is 2.43. The van der Waals surface area contributed by atoms with Gasteiger partial charge in [-0.15, -0.1) is 11.3 Å². The molecule has 40 heavy (non-hydrogen) atoms. The smallest absolute Gasteiger partial charge is 0.276 e. The Morgan fingerprint density at radius 3 is 2.67 bits per heavy atom. The van der Waals surface area contributed by atoms with Gasteiger partial charge in [0.1, 0.15) is 5.69 Å². The number of nitrogens with zero attached hydrogens (tertiary/aromatic N) is 3. The molecule has 200 valence electrons. The maximum atomic E-state index is 13.9. The molecule has 4 aromatic rings. The van der Waals surface area contributed by atoms with Crippen LogP contribution in [0.4, 0.5) is 5.69 Å². The molecule has 4 heterocycles. The number of carbonyl (C=O) groups is 3. The van der Waals surface area contributed by atoms with Gasteiger partial charge < -0.3 is 9.80 Å². The van der Waals surface area contributed by atoms with Crippen molar-refractivity contribution in [3.05, 3.63) is 105 Å². The number of carbonyl (C=O) groups excluding carboxylic acids is 3. The number of para-hydroxylation sites is 1. The van der Waals surface area contributed by atoms with Gasteiger partial charge in [0.25, 0.3) is 11.8 Å². The summed E-state index contributed by atoms with van der Waals surface area (Å²) < 4.78 is 0. The minimum atomic E-state index is -0.149. The standard InChI is InChI=1S/C33H29N3O3S/c1-35-19-23-7-4-6-21(30(23)33(35)39)17-24-8-5-10-26(34-24)32(38)36-15-14-22-18-29(28(37)16-20-12-13-20)40-31(22)25-9-2-3-11-27(25)36/h2-11,18,20H,12-17,19H2,1H3. The van der Waals surface area contributed by atoms with Crippen molar-refractivity contribution in [1.29, 1.82) is 0 Å². The summed E-state index contributed by atoms with van der Waals surface area (Å²) in [6, 6.07) is 21.5. The van der Waals surface area contributed by atoms with Crippen molar-refractivity contribution in [3.63, 3.8) is 0 Å². The predicted octanol–water partition coefficient (Wildman–Crippen LogP) is 6.17. The van der Waals surface area contributed by atoms with E-state index < -0.39 is 0 Å². The summed E-state index contributed by atoms with van der Waals surface area (Å²) in [5, 5.41) is 0. The number of fused-ring (bicyclic) bond motifs is 4. The van der Waals surface area contributed by atoms with Crippen LogP contribution < -0.4 is 4.90 Å². The number of thiophene rings is 1. The number of hydrogen-bond donors (Lipinski definition) is 0. The molecule has 0 bridgehead atoms. The van der Waals surface area contributed by atoms with Gasteiger partial charge in [-0.3, -0.25) is 14.4 Å². The van der Waals surface area contributed by atoms with Crippen LogP contribution in [0.1, 0.15) is 72.2 Å². The van der Waals surface area contributed by atoms with Gasteiger partial charge in [0, 0.05) is 54.7 Å². The first-order valence-corrected chi connectivity index (χ1v) is 14.7. The first-order valence-electron chi connectivity index (χ1n) is 13.9. The Kier molecular flexibility index (Phi) is 6.12. The third kappa shape index (κ3) is 4.44. The molecule has 1 fully saturated rings. The second-order valence-corrected chi connectivity index (χ2v) is 12.1. The van der Waals surface area contributed by atoms with Gasteiger partial charge in [-0.2, -0.15) is 0 Å². The molecule has 0 saturated heterocycles. The monoisotopic (exact) mass is 547 g/mol. The Balaban J connectivity index is 1.17. The Hall–Kier alpha value is -4.10. The minimum Gasteiger partial charge on any atom is -0.337 e. The fraction of sp³-hybridized carbons (Fsp3) is 0.273. The largest absolute Gasteiger partial charge is 0.337 e. The molecule has 6 nitrogen and oxygen atoms in total. The van der Waals surface area contributed by atoms with Crippen LogP contribution in [0.2, 0.25) is 0 Å². The zero-order valence-corrected chi connectivity index (χ0v) is 23.2. The highest BCUT2D eigenvalue weighted by Gasteiger charge is 2.31. The first kappa shape index (κ1) is 24.9. The molecule has 2 aromatic heterocycles.